The summed E-state index contributed by atoms with van der Waals surface area (Å²) in [6.45, 7) is 4.76. The largest absolute Gasteiger partial charge is 0.378 e. The molecule has 1 aliphatic heterocycles. The maximum absolute atomic E-state index is 14.4. The number of hydrogen-bond donors (Lipinski definition) is 2. The molecule has 9 heteroatoms. The van der Waals surface area contributed by atoms with Crippen molar-refractivity contribution in [1.82, 2.24) is 10.5 Å². The van der Waals surface area contributed by atoms with Crippen LogP contribution in [0.1, 0.15) is 43.3 Å². The highest BCUT2D eigenvalue weighted by Gasteiger charge is 2.17. The third-order valence-electron chi connectivity index (χ3n) is 6.58. The fourth-order valence-electron chi connectivity index (χ4n) is 4.41. The fourth-order valence-corrected chi connectivity index (χ4v) is 4.41. The van der Waals surface area contributed by atoms with Crippen LogP contribution in [0.3, 0.4) is 0 Å². The van der Waals surface area contributed by atoms with Crippen LogP contribution in [0.25, 0.3) is 0 Å². The summed E-state index contributed by atoms with van der Waals surface area (Å²) in [5.41, 5.74) is 4.94. The van der Waals surface area contributed by atoms with Crippen molar-refractivity contribution in [3.8, 4) is 0 Å². The van der Waals surface area contributed by atoms with Crippen molar-refractivity contribution in [1.29, 1.82) is 0 Å². The van der Waals surface area contributed by atoms with Crippen molar-refractivity contribution >= 4 is 23.2 Å². The molecule has 2 heterocycles. The van der Waals surface area contributed by atoms with E-state index in [1.165, 1.54) is 12.1 Å². The minimum absolute atomic E-state index is 0.130. The molecule has 0 saturated carbocycles. The van der Waals surface area contributed by atoms with Crippen LogP contribution in [0.5, 0.6) is 0 Å². The van der Waals surface area contributed by atoms with Gasteiger partial charge >= 0.3 is 0 Å². The van der Waals surface area contributed by atoms with Crippen LogP contribution in [0.2, 0.25) is 0 Å². The number of aryl methyl sites for hydroxylation is 1. The number of rotatable bonds is 8. The first-order valence-corrected chi connectivity index (χ1v) is 12.8. The van der Waals surface area contributed by atoms with Crippen LogP contribution in [0, 0.1) is 12.7 Å². The second-order valence-corrected chi connectivity index (χ2v) is 9.42. The maximum Gasteiger partial charge on any atom is 0.290 e. The van der Waals surface area contributed by atoms with Gasteiger partial charge in [-0.05, 0) is 53.9 Å². The SMILES string of the molecule is Cc1ccc(NC(=O)c2cc(F)cc(N3CCOCC3)c2)cc1Cc1cc(C(=O)NCc2ccccc2)on1. The van der Waals surface area contributed by atoms with Crippen LogP contribution >= 0.6 is 0 Å². The zero-order valence-electron chi connectivity index (χ0n) is 21.6. The number of carbonyl (C=O) groups excluding carboxylic acids is 2. The average Bonchev–Trinajstić information content (AvgIpc) is 3.43. The predicted molar refractivity (Wildman–Crippen MR) is 145 cm³/mol. The summed E-state index contributed by atoms with van der Waals surface area (Å²) >= 11 is 0. The molecule has 0 unspecified atom stereocenters. The molecule has 1 aliphatic rings. The molecule has 1 fully saturated rings. The highest BCUT2D eigenvalue weighted by molar-refractivity contribution is 6.05. The molecular weight excluding hydrogens is 499 g/mol. The number of benzene rings is 3. The van der Waals surface area contributed by atoms with Crippen LogP contribution in [-0.4, -0.2) is 43.3 Å². The summed E-state index contributed by atoms with van der Waals surface area (Å²) in [5, 5.41) is 9.74. The summed E-state index contributed by atoms with van der Waals surface area (Å²) in [6, 6.07) is 21.1. The number of carbonyl (C=O) groups is 2. The second kappa shape index (κ2) is 11.9. The van der Waals surface area contributed by atoms with Crippen LogP contribution in [-0.2, 0) is 17.7 Å². The zero-order chi connectivity index (χ0) is 27.2. The predicted octanol–water partition coefficient (Wildman–Crippen LogP) is 4.73. The van der Waals surface area contributed by atoms with E-state index >= 15 is 0 Å². The van der Waals surface area contributed by atoms with Crippen molar-refractivity contribution in [2.24, 2.45) is 0 Å². The minimum atomic E-state index is -0.469. The van der Waals surface area contributed by atoms with Gasteiger partial charge in [-0.2, -0.15) is 0 Å². The standard InChI is InChI=1S/C30H29FN4O4/c1-20-7-8-25(33-29(36)23-13-24(31)17-27(16-23)35-9-11-38-12-10-35)14-22(20)15-26-18-28(39-34-26)30(37)32-19-21-5-3-2-4-6-21/h2-8,13-14,16-18H,9-12,15,19H2,1H3,(H,32,37)(H,33,36). The number of hydrogen-bond acceptors (Lipinski definition) is 6. The topological polar surface area (TPSA) is 96.7 Å². The van der Waals surface area contributed by atoms with Gasteiger partial charge in [0, 0.05) is 49.1 Å². The quantitative estimate of drug-likeness (QED) is 0.343. The molecule has 2 amide bonds. The van der Waals surface area contributed by atoms with Crippen molar-refractivity contribution in [3.63, 3.8) is 0 Å². The van der Waals surface area contributed by atoms with Crippen molar-refractivity contribution in [3.05, 3.63) is 112 Å². The van der Waals surface area contributed by atoms with Gasteiger partial charge in [-0.15, -0.1) is 0 Å². The normalized spacial score (nSPS) is 13.2. The molecule has 4 aromatic rings. The van der Waals surface area contributed by atoms with E-state index in [9.17, 15) is 14.0 Å². The fraction of sp³-hybridized carbons (Fsp3) is 0.233. The van der Waals surface area contributed by atoms with Gasteiger partial charge in [0.2, 0.25) is 5.76 Å². The van der Waals surface area contributed by atoms with Gasteiger partial charge in [0.15, 0.2) is 0 Å². The lowest BCUT2D eigenvalue weighted by Gasteiger charge is -2.29. The summed E-state index contributed by atoms with van der Waals surface area (Å²) in [5.74, 6) is -1.09. The molecule has 0 radical (unpaired) electrons. The number of aromatic nitrogens is 1. The van der Waals surface area contributed by atoms with E-state index in [1.54, 1.807) is 18.2 Å². The molecule has 1 aromatic heterocycles. The first-order chi connectivity index (χ1) is 18.9. The second-order valence-electron chi connectivity index (χ2n) is 9.42. The third kappa shape index (κ3) is 6.69. The molecule has 39 heavy (non-hydrogen) atoms. The van der Waals surface area contributed by atoms with E-state index in [1.807, 2.05) is 54.3 Å². The summed E-state index contributed by atoms with van der Waals surface area (Å²) in [6.07, 6.45) is 0.409. The Morgan fingerprint density at radius 1 is 0.974 bits per heavy atom. The molecule has 0 bridgehead atoms. The molecule has 200 valence electrons. The van der Waals surface area contributed by atoms with Gasteiger partial charge < -0.3 is 24.8 Å². The maximum atomic E-state index is 14.4. The lowest BCUT2D eigenvalue weighted by molar-refractivity contribution is 0.0913. The molecule has 3 aromatic carbocycles. The number of nitrogens with zero attached hydrogens (tertiary/aromatic N) is 2. The monoisotopic (exact) mass is 528 g/mol. The van der Waals surface area contributed by atoms with E-state index in [0.29, 0.717) is 56.3 Å². The summed E-state index contributed by atoms with van der Waals surface area (Å²) in [7, 11) is 0. The highest BCUT2D eigenvalue weighted by atomic mass is 19.1. The van der Waals surface area contributed by atoms with Gasteiger partial charge in [-0.3, -0.25) is 9.59 Å². The molecule has 0 atom stereocenters. The Bertz CT molecular complexity index is 1470. The summed E-state index contributed by atoms with van der Waals surface area (Å²) in [4.78, 5) is 27.5. The van der Waals surface area contributed by atoms with E-state index in [4.69, 9.17) is 9.26 Å². The van der Waals surface area contributed by atoms with Gasteiger partial charge in [-0.1, -0.05) is 41.6 Å². The lowest BCUT2D eigenvalue weighted by Crippen LogP contribution is -2.36. The van der Waals surface area contributed by atoms with Crippen LogP contribution in [0.15, 0.2) is 77.3 Å². The molecule has 2 N–H and O–H groups in total. The molecule has 0 aliphatic carbocycles. The number of amides is 2. The number of morpholine rings is 1. The van der Waals surface area contributed by atoms with Crippen LogP contribution in [0.4, 0.5) is 15.8 Å². The minimum Gasteiger partial charge on any atom is -0.378 e. The molecule has 8 nitrogen and oxygen atoms in total. The van der Waals surface area contributed by atoms with Crippen molar-refractivity contribution in [2.75, 3.05) is 36.5 Å². The van der Waals surface area contributed by atoms with E-state index in [-0.39, 0.29) is 17.2 Å². The van der Waals surface area contributed by atoms with Crippen LogP contribution < -0.4 is 15.5 Å². The molecule has 0 spiro atoms. The number of anilines is 2. The Morgan fingerprint density at radius 2 is 1.77 bits per heavy atom. The van der Waals surface area contributed by atoms with E-state index < -0.39 is 11.7 Å². The van der Waals surface area contributed by atoms with Gasteiger partial charge in [0.1, 0.15) is 5.82 Å². The highest BCUT2D eigenvalue weighted by Crippen LogP contribution is 2.23. The average molecular weight is 529 g/mol. The molecular formula is C30H29FN4O4. The first kappa shape index (κ1) is 26.1. The number of ether oxygens (including phenoxy) is 1. The van der Waals surface area contributed by atoms with Gasteiger partial charge in [-0.25, -0.2) is 4.39 Å². The third-order valence-corrected chi connectivity index (χ3v) is 6.58. The van der Waals surface area contributed by atoms with E-state index in [0.717, 1.165) is 16.7 Å². The van der Waals surface area contributed by atoms with Gasteiger partial charge in [0.25, 0.3) is 11.8 Å². The molecule has 1 saturated heterocycles. The molecule has 5 rings (SSSR count). The Labute approximate surface area is 225 Å². The van der Waals surface area contributed by atoms with E-state index in [2.05, 4.69) is 15.8 Å². The number of halogens is 1. The Hall–Kier alpha value is -4.50. The lowest BCUT2D eigenvalue weighted by atomic mass is 10.0. The van der Waals surface area contributed by atoms with Gasteiger partial charge in [0.05, 0.1) is 18.9 Å². The Kier molecular flexibility index (Phi) is 7.98. The summed E-state index contributed by atoms with van der Waals surface area (Å²) < 4.78 is 25.0. The smallest absolute Gasteiger partial charge is 0.290 e. The first-order valence-electron chi connectivity index (χ1n) is 12.8. The van der Waals surface area contributed by atoms with Crippen molar-refractivity contribution in [2.45, 2.75) is 19.9 Å². The van der Waals surface area contributed by atoms with Crippen molar-refractivity contribution < 1.29 is 23.2 Å². The number of nitrogens with one attached hydrogen (secondary N) is 2. The zero-order valence-corrected chi connectivity index (χ0v) is 21.6. The Balaban J connectivity index is 1.24. The Morgan fingerprint density at radius 3 is 2.56 bits per heavy atom.